The molecule has 0 aliphatic rings. The van der Waals surface area contributed by atoms with E-state index in [2.05, 4.69) is 4.98 Å². The first-order valence-corrected chi connectivity index (χ1v) is 8.75. The Morgan fingerprint density at radius 1 is 1.10 bits per heavy atom. The van der Waals surface area contributed by atoms with Gasteiger partial charge in [-0.1, -0.05) is 23.7 Å². The summed E-state index contributed by atoms with van der Waals surface area (Å²) in [7, 11) is 0. The van der Waals surface area contributed by atoms with Gasteiger partial charge in [-0.15, -0.1) is 0 Å². The molecule has 1 amide bonds. The van der Waals surface area contributed by atoms with Crippen LogP contribution >= 0.6 is 11.6 Å². The number of nitriles is 1. The molecule has 29 heavy (non-hydrogen) atoms. The molecule has 0 spiro atoms. The number of nitrogens with zero attached hydrogens (tertiary/aromatic N) is 3. The van der Waals surface area contributed by atoms with Crippen molar-refractivity contribution in [1.82, 2.24) is 4.98 Å². The second-order valence-electron chi connectivity index (χ2n) is 6.12. The van der Waals surface area contributed by atoms with E-state index in [0.717, 1.165) is 12.1 Å². The van der Waals surface area contributed by atoms with E-state index < -0.39 is 17.6 Å². The van der Waals surface area contributed by atoms with E-state index in [-0.39, 0.29) is 22.9 Å². The van der Waals surface area contributed by atoms with Gasteiger partial charge in [0.2, 0.25) is 0 Å². The largest absolute Gasteiger partial charge is 0.416 e. The summed E-state index contributed by atoms with van der Waals surface area (Å²) in [5.74, 6) is -0.461. The lowest BCUT2D eigenvalue weighted by molar-refractivity contribution is -0.137. The van der Waals surface area contributed by atoms with Crippen molar-refractivity contribution in [2.45, 2.75) is 12.7 Å². The van der Waals surface area contributed by atoms with Crippen LogP contribution in [-0.4, -0.2) is 10.9 Å². The van der Waals surface area contributed by atoms with E-state index in [9.17, 15) is 18.0 Å². The zero-order valence-electron chi connectivity index (χ0n) is 14.8. The smallest absolute Gasteiger partial charge is 0.304 e. The lowest BCUT2D eigenvalue weighted by Gasteiger charge is -2.23. The highest BCUT2D eigenvalue weighted by Gasteiger charge is 2.30. The minimum absolute atomic E-state index is 0.0607. The van der Waals surface area contributed by atoms with Crippen LogP contribution in [-0.2, 0) is 12.7 Å². The second kappa shape index (κ2) is 8.33. The highest BCUT2D eigenvalue weighted by molar-refractivity contribution is 6.29. The maximum Gasteiger partial charge on any atom is 0.416 e. The average molecular weight is 416 g/mol. The topological polar surface area (TPSA) is 57.0 Å². The maximum atomic E-state index is 13.1. The molecule has 0 aliphatic heterocycles. The van der Waals surface area contributed by atoms with E-state index in [1.54, 1.807) is 30.3 Å². The zero-order valence-corrected chi connectivity index (χ0v) is 15.6. The number of alkyl halides is 3. The minimum Gasteiger partial charge on any atom is -0.304 e. The Kier molecular flexibility index (Phi) is 5.85. The molecule has 0 bridgehead atoms. The van der Waals surface area contributed by atoms with Crippen LogP contribution in [0.25, 0.3) is 0 Å². The quantitative estimate of drug-likeness (QED) is 0.531. The van der Waals surface area contributed by atoms with Crippen molar-refractivity contribution in [3.63, 3.8) is 0 Å². The van der Waals surface area contributed by atoms with Gasteiger partial charge in [0, 0.05) is 17.4 Å². The molecule has 3 aromatic rings. The Labute approximate surface area is 169 Å². The number of anilines is 1. The van der Waals surface area contributed by atoms with Gasteiger partial charge < -0.3 is 4.90 Å². The van der Waals surface area contributed by atoms with E-state index in [1.807, 2.05) is 6.07 Å². The molecule has 0 saturated heterocycles. The molecule has 0 aliphatic carbocycles. The highest BCUT2D eigenvalue weighted by Crippen LogP contribution is 2.31. The normalized spacial score (nSPS) is 11.0. The molecule has 0 saturated carbocycles. The highest BCUT2D eigenvalue weighted by atomic mass is 35.5. The molecular formula is C21H13ClF3N3O. The predicted octanol–water partition coefficient (Wildman–Crippen LogP) is 5.47. The molecule has 3 rings (SSSR count). The molecule has 8 heteroatoms. The van der Waals surface area contributed by atoms with Gasteiger partial charge in [-0.3, -0.25) is 4.79 Å². The number of benzene rings is 2. The standard InChI is InChI=1S/C21H13ClF3N3O/c22-19-9-4-15(12-27-19)13-28(18-7-5-17(6-8-18)21(23,24)25)20(29)16-3-1-2-14(10-16)11-26/h1-10,12H,13H2. The lowest BCUT2D eigenvalue weighted by Crippen LogP contribution is -2.30. The van der Waals surface area contributed by atoms with Crippen LogP contribution in [0.4, 0.5) is 18.9 Å². The summed E-state index contributed by atoms with van der Waals surface area (Å²) in [6, 6.07) is 15.6. The number of aromatic nitrogens is 1. The number of rotatable bonds is 4. The average Bonchev–Trinajstić information content (AvgIpc) is 2.72. The molecule has 1 heterocycles. The number of hydrogen-bond donors (Lipinski definition) is 0. The van der Waals surface area contributed by atoms with Crippen LogP contribution in [0.1, 0.15) is 27.0 Å². The SMILES string of the molecule is N#Cc1cccc(C(=O)N(Cc2ccc(Cl)nc2)c2ccc(C(F)(F)F)cc2)c1. The Balaban J connectivity index is 2.00. The molecule has 0 unspecified atom stereocenters. The van der Waals surface area contributed by atoms with Gasteiger partial charge >= 0.3 is 6.18 Å². The van der Waals surface area contributed by atoms with E-state index >= 15 is 0 Å². The summed E-state index contributed by atoms with van der Waals surface area (Å²) in [6.45, 7) is 0.0607. The van der Waals surface area contributed by atoms with Crippen molar-refractivity contribution in [2.24, 2.45) is 0 Å². The van der Waals surface area contributed by atoms with Crippen LogP contribution < -0.4 is 4.90 Å². The van der Waals surface area contributed by atoms with Gasteiger partial charge in [-0.25, -0.2) is 4.98 Å². The molecule has 4 nitrogen and oxygen atoms in total. The summed E-state index contributed by atoms with van der Waals surface area (Å²) < 4.78 is 38.6. The number of amides is 1. The van der Waals surface area contributed by atoms with Gasteiger partial charge in [0.25, 0.3) is 5.91 Å². The predicted molar refractivity (Wildman–Crippen MR) is 102 cm³/mol. The molecular weight excluding hydrogens is 403 g/mol. The van der Waals surface area contributed by atoms with E-state index in [4.69, 9.17) is 16.9 Å². The van der Waals surface area contributed by atoms with Crippen molar-refractivity contribution in [2.75, 3.05) is 4.90 Å². The number of hydrogen-bond acceptors (Lipinski definition) is 3. The van der Waals surface area contributed by atoms with E-state index in [1.165, 1.54) is 29.3 Å². The minimum atomic E-state index is -4.48. The fourth-order valence-corrected chi connectivity index (χ4v) is 2.78. The van der Waals surface area contributed by atoms with Crippen LogP contribution in [0.5, 0.6) is 0 Å². The number of carbonyl (C=O) groups excluding carboxylic acids is 1. The number of halogens is 4. The summed E-state index contributed by atoms with van der Waals surface area (Å²) >= 11 is 5.79. The van der Waals surface area contributed by atoms with E-state index in [0.29, 0.717) is 11.1 Å². The number of carbonyl (C=O) groups is 1. The first-order chi connectivity index (χ1) is 13.8. The fraction of sp³-hybridized carbons (Fsp3) is 0.0952. The van der Waals surface area contributed by atoms with Crippen molar-refractivity contribution < 1.29 is 18.0 Å². The van der Waals surface area contributed by atoms with Crippen LogP contribution in [0.15, 0.2) is 66.9 Å². The molecule has 0 N–H and O–H groups in total. The molecule has 0 fully saturated rings. The Hall–Kier alpha value is -3.37. The monoisotopic (exact) mass is 415 g/mol. The Bertz CT molecular complexity index is 1060. The van der Waals surface area contributed by atoms with Gasteiger partial charge in [0.15, 0.2) is 0 Å². The van der Waals surface area contributed by atoms with Gasteiger partial charge in [0.05, 0.1) is 23.7 Å². The van der Waals surface area contributed by atoms with Crippen LogP contribution in [0.3, 0.4) is 0 Å². The Morgan fingerprint density at radius 2 is 1.83 bits per heavy atom. The van der Waals surface area contributed by atoms with Crippen molar-refractivity contribution >= 4 is 23.2 Å². The van der Waals surface area contributed by atoms with Crippen molar-refractivity contribution in [3.8, 4) is 6.07 Å². The van der Waals surface area contributed by atoms with Gasteiger partial charge in [-0.2, -0.15) is 18.4 Å². The van der Waals surface area contributed by atoms with Crippen molar-refractivity contribution in [3.05, 3.63) is 94.3 Å². The summed E-state index contributed by atoms with van der Waals surface area (Å²) in [6.07, 6.45) is -2.99. The van der Waals surface area contributed by atoms with Gasteiger partial charge in [0.1, 0.15) is 5.15 Å². The lowest BCUT2D eigenvalue weighted by atomic mass is 10.1. The maximum absolute atomic E-state index is 13.1. The third-order valence-electron chi connectivity index (χ3n) is 4.12. The zero-order chi connectivity index (χ0) is 21.0. The molecule has 2 aromatic carbocycles. The molecule has 0 atom stereocenters. The molecule has 0 radical (unpaired) electrons. The number of pyridine rings is 1. The summed E-state index contributed by atoms with van der Waals surface area (Å²) in [4.78, 5) is 18.4. The summed E-state index contributed by atoms with van der Waals surface area (Å²) in [5.41, 5.74) is 0.648. The fourth-order valence-electron chi connectivity index (χ4n) is 2.67. The third kappa shape index (κ3) is 4.92. The van der Waals surface area contributed by atoms with Crippen LogP contribution in [0, 0.1) is 11.3 Å². The summed E-state index contributed by atoms with van der Waals surface area (Å²) in [5, 5.41) is 9.35. The second-order valence-corrected chi connectivity index (χ2v) is 6.50. The first kappa shape index (κ1) is 20.4. The van der Waals surface area contributed by atoms with Gasteiger partial charge in [-0.05, 0) is 54.1 Å². The first-order valence-electron chi connectivity index (χ1n) is 8.37. The third-order valence-corrected chi connectivity index (χ3v) is 4.34. The Morgan fingerprint density at radius 3 is 2.41 bits per heavy atom. The van der Waals surface area contributed by atoms with Crippen molar-refractivity contribution in [1.29, 1.82) is 5.26 Å². The van der Waals surface area contributed by atoms with Crippen LogP contribution in [0.2, 0.25) is 5.15 Å². The molecule has 1 aromatic heterocycles. The molecule has 146 valence electrons.